The molecule has 0 aromatic heterocycles. The Morgan fingerprint density at radius 3 is 2.86 bits per heavy atom. The summed E-state index contributed by atoms with van der Waals surface area (Å²) in [5, 5.41) is 0.324. The van der Waals surface area contributed by atoms with E-state index in [1.807, 2.05) is 0 Å². The summed E-state index contributed by atoms with van der Waals surface area (Å²) in [5.74, 6) is -0.336. The first kappa shape index (κ1) is 11.0. The number of ether oxygens (including phenoxy) is 1. The number of carbonyl (C=O) groups is 1. The van der Waals surface area contributed by atoms with Crippen LogP contribution in [-0.4, -0.2) is 13.4 Å². The van der Waals surface area contributed by atoms with Gasteiger partial charge in [-0.2, -0.15) is 0 Å². The Hall–Kier alpha value is -1.09. The quantitative estimate of drug-likeness (QED) is 0.724. The predicted molar refractivity (Wildman–Crippen MR) is 52.3 cm³/mol. The van der Waals surface area contributed by atoms with E-state index in [0.717, 1.165) is 6.29 Å². The fourth-order valence-electron chi connectivity index (χ4n) is 1.17. The smallest absolute Gasteiger partial charge is 0.169 e. The Bertz CT molecular complexity index is 339. The molecule has 76 valence electrons. The summed E-state index contributed by atoms with van der Waals surface area (Å²) in [4.78, 5) is 10.2. The van der Waals surface area contributed by atoms with Crippen LogP contribution in [0.25, 0.3) is 0 Å². The predicted octanol–water partition coefficient (Wildman–Crippen LogP) is 2.62. The van der Waals surface area contributed by atoms with Gasteiger partial charge in [0.2, 0.25) is 0 Å². The van der Waals surface area contributed by atoms with Crippen molar-refractivity contribution >= 4 is 17.9 Å². The van der Waals surface area contributed by atoms with Crippen molar-refractivity contribution in [1.29, 1.82) is 0 Å². The third-order valence-corrected chi connectivity index (χ3v) is 2.24. The molecule has 0 spiro atoms. The van der Waals surface area contributed by atoms with E-state index in [1.54, 1.807) is 6.07 Å². The molecule has 0 fully saturated rings. The Labute approximate surface area is 86.6 Å². The second kappa shape index (κ2) is 4.96. The fourth-order valence-corrected chi connectivity index (χ4v) is 1.41. The number of aldehydes is 1. The highest BCUT2D eigenvalue weighted by Gasteiger charge is 2.12. The van der Waals surface area contributed by atoms with E-state index in [-0.39, 0.29) is 12.2 Å². The minimum absolute atomic E-state index is 0.148. The van der Waals surface area contributed by atoms with E-state index in [9.17, 15) is 9.18 Å². The molecule has 0 saturated heterocycles. The first-order valence-corrected chi connectivity index (χ1v) is 4.53. The van der Waals surface area contributed by atoms with Gasteiger partial charge in [-0.1, -0.05) is 11.6 Å². The molecule has 1 rings (SSSR count). The van der Waals surface area contributed by atoms with Crippen molar-refractivity contribution in [2.45, 2.75) is 12.8 Å². The third kappa shape index (κ3) is 2.23. The van der Waals surface area contributed by atoms with Crippen LogP contribution >= 0.6 is 11.6 Å². The molecule has 0 radical (unpaired) electrons. The van der Waals surface area contributed by atoms with Crippen molar-refractivity contribution in [3.8, 4) is 5.75 Å². The lowest BCUT2D eigenvalue weighted by Gasteiger charge is -2.07. The molecular weight excluding hydrogens is 207 g/mol. The molecule has 0 aliphatic carbocycles. The van der Waals surface area contributed by atoms with Gasteiger partial charge in [0.25, 0.3) is 0 Å². The standard InChI is InChI=1S/C10H10ClFO2/c1-14-9-5-4-8(11)7(10(9)12)3-2-6-13/h4-6H,2-3H2,1H3. The molecule has 0 amide bonds. The Kier molecular flexibility index (Phi) is 3.89. The molecule has 0 atom stereocenters. The van der Waals surface area contributed by atoms with Crippen molar-refractivity contribution in [3.05, 3.63) is 28.5 Å². The molecule has 4 heteroatoms. The molecule has 1 aromatic carbocycles. The number of rotatable bonds is 4. The van der Waals surface area contributed by atoms with Gasteiger partial charge in [0.15, 0.2) is 11.6 Å². The molecular formula is C10H10ClFO2. The van der Waals surface area contributed by atoms with Gasteiger partial charge in [-0.25, -0.2) is 4.39 Å². The maximum atomic E-state index is 13.5. The summed E-state index contributed by atoms with van der Waals surface area (Å²) < 4.78 is 18.3. The highest BCUT2D eigenvalue weighted by molar-refractivity contribution is 6.31. The van der Waals surface area contributed by atoms with Crippen LogP contribution in [0.4, 0.5) is 4.39 Å². The van der Waals surface area contributed by atoms with Gasteiger partial charge in [0.1, 0.15) is 6.29 Å². The van der Waals surface area contributed by atoms with Gasteiger partial charge in [0.05, 0.1) is 7.11 Å². The molecule has 14 heavy (non-hydrogen) atoms. The first-order chi connectivity index (χ1) is 6.70. The van der Waals surface area contributed by atoms with Crippen LogP contribution in [0.2, 0.25) is 5.02 Å². The number of halogens is 2. The first-order valence-electron chi connectivity index (χ1n) is 4.15. The summed E-state index contributed by atoms with van der Waals surface area (Å²) in [6.45, 7) is 0. The normalized spacial score (nSPS) is 9.93. The van der Waals surface area contributed by atoms with Crippen LogP contribution in [0.5, 0.6) is 5.75 Å². The molecule has 0 heterocycles. The Morgan fingerprint density at radius 2 is 2.29 bits per heavy atom. The van der Waals surface area contributed by atoms with E-state index in [4.69, 9.17) is 16.3 Å². The lowest BCUT2D eigenvalue weighted by Crippen LogP contribution is -1.96. The second-order valence-corrected chi connectivity index (χ2v) is 3.15. The van der Waals surface area contributed by atoms with Crippen molar-refractivity contribution < 1.29 is 13.9 Å². The van der Waals surface area contributed by atoms with Gasteiger partial charge in [0, 0.05) is 17.0 Å². The number of carbonyl (C=O) groups excluding carboxylic acids is 1. The topological polar surface area (TPSA) is 26.3 Å². The summed E-state index contributed by atoms with van der Waals surface area (Å²) in [5.41, 5.74) is 0.332. The van der Waals surface area contributed by atoms with Crippen LogP contribution in [-0.2, 0) is 11.2 Å². The monoisotopic (exact) mass is 216 g/mol. The van der Waals surface area contributed by atoms with E-state index in [1.165, 1.54) is 13.2 Å². The fraction of sp³-hybridized carbons (Fsp3) is 0.300. The van der Waals surface area contributed by atoms with Gasteiger partial charge >= 0.3 is 0 Å². The molecule has 0 bridgehead atoms. The summed E-state index contributed by atoms with van der Waals surface area (Å²) in [6, 6.07) is 3.02. The number of hydrogen-bond acceptors (Lipinski definition) is 2. The third-order valence-electron chi connectivity index (χ3n) is 1.88. The largest absolute Gasteiger partial charge is 0.494 e. The highest BCUT2D eigenvalue weighted by Crippen LogP contribution is 2.27. The van der Waals surface area contributed by atoms with Crippen LogP contribution in [0.15, 0.2) is 12.1 Å². The lowest BCUT2D eigenvalue weighted by atomic mass is 10.1. The molecule has 0 saturated carbocycles. The Balaban J connectivity index is 3.04. The van der Waals surface area contributed by atoms with Gasteiger partial charge in [-0.05, 0) is 18.6 Å². The van der Waals surface area contributed by atoms with Crippen LogP contribution < -0.4 is 4.74 Å². The van der Waals surface area contributed by atoms with Gasteiger partial charge in [-0.3, -0.25) is 0 Å². The zero-order valence-electron chi connectivity index (χ0n) is 7.72. The lowest BCUT2D eigenvalue weighted by molar-refractivity contribution is -0.107. The molecule has 2 nitrogen and oxygen atoms in total. The van der Waals surface area contributed by atoms with E-state index >= 15 is 0 Å². The maximum Gasteiger partial charge on any atom is 0.169 e. The average molecular weight is 217 g/mol. The SMILES string of the molecule is COc1ccc(Cl)c(CCC=O)c1F. The van der Waals surface area contributed by atoms with Crippen molar-refractivity contribution in [1.82, 2.24) is 0 Å². The summed E-state index contributed by atoms with van der Waals surface area (Å²) in [6.07, 6.45) is 1.28. The summed E-state index contributed by atoms with van der Waals surface area (Å²) >= 11 is 5.78. The van der Waals surface area contributed by atoms with E-state index in [2.05, 4.69) is 0 Å². The van der Waals surface area contributed by atoms with Crippen molar-refractivity contribution in [2.24, 2.45) is 0 Å². The van der Waals surface area contributed by atoms with Crippen LogP contribution in [0, 0.1) is 5.82 Å². The maximum absolute atomic E-state index is 13.5. The zero-order chi connectivity index (χ0) is 10.6. The zero-order valence-corrected chi connectivity index (χ0v) is 8.47. The highest BCUT2D eigenvalue weighted by atomic mass is 35.5. The molecule has 1 aromatic rings. The summed E-state index contributed by atoms with van der Waals surface area (Å²) in [7, 11) is 1.38. The molecule has 0 N–H and O–H groups in total. The minimum atomic E-state index is -0.484. The van der Waals surface area contributed by atoms with Crippen molar-refractivity contribution in [3.63, 3.8) is 0 Å². The van der Waals surface area contributed by atoms with Gasteiger partial charge in [-0.15, -0.1) is 0 Å². The van der Waals surface area contributed by atoms with Crippen molar-refractivity contribution in [2.75, 3.05) is 7.11 Å². The van der Waals surface area contributed by atoms with Crippen LogP contribution in [0.3, 0.4) is 0 Å². The minimum Gasteiger partial charge on any atom is -0.494 e. The van der Waals surface area contributed by atoms with E-state index in [0.29, 0.717) is 17.0 Å². The second-order valence-electron chi connectivity index (χ2n) is 2.75. The number of benzene rings is 1. The van der Waals surface area contributed by atoms with Gasteiger partial charge < -0.3 is 9.53 Å². The molecule has 0 aliphatic heterocycles. The van der Waals surface area contributed by atoms with E-state index < -0.39 is 5.82 Å². The van der Waals surface area contributed by atoms with Crippen LogP contribution in [0.1, 0.15) is 12.0 Å². The molecule has 0 aliphatic rings. The number of methoxy groups -OCH3 is 1. The number of hydrogen-bond donors (Lipinski definition) is 0. The Morgan fingerprint density at radius 1 is 1.57 bits per heavy atom. The molecule has 0 unspecified atom stereocenters. The average Bonchev–Trinajstić information content (AvgIpc) is 2.18.